The second-order valence-corrected chi connectivity index (χ2v) is 4.91. The topological polar surface area (TPSA) is 46.2 Å². The minimum absolute atomic E-state index is 0.120. The molecule has 3 N–H and O–H groups in total. The van der Waals surface area contributed by atoms with E-state index < -0.39 is 0 Å². The summed E-state index contributed by atoms with van der Waals surface area (Å²) in [5.41, 5.74) is 5.48. The molecule has 0 aliphatic heterocycles. The molecule has 0 radical (unpaired) electrons. The fourth-order valence-electron chi connectivity index (χ4n) is 1.47. The Kier molecular flexibility index (Phi) is 7.20. The number of aliphatic hydroxyl groups is 1. The van der Waals surface area contributed by atoms with Gasteiger partial charge in [0, 0.05) is 5.41 Å². The highest BCUT2D eigenvalue weighted by Crippen LogP contribution is 2.23. The van der Waals surface area contributed by atoms with Crippen LogP contribution in [0, 0.1) is 5.41 Å². The number of unbranched alkanes of at least 4 members (excludes halogenated alkanes) is 4. The van der Waals surface area contributed by atoms with Gasteiger partial charge >= 0.3 is 0 Å². The first-order valence-electron chi connectivity index (χ1n) is 5.92. The van der Waals surface area contributed by atoms with Gasteiger partial charge in [0.1, 0.15) is 0 Å². The molecule has 0 heterocycles. The Balaban J connectivity index is 3.48. The monoisotopic (exact) mass is 201 g/mol. The molecule has 2 nitrogen and oxygen atoms in total. The van der Waals surface area contributed by atoms with Crippen LogP contribution in [-0.4, -0.2) is 17.8 Å². The van der Waals surface area contributed by atoms with Crippen molar-refractivity contribution in [2.45, 2.75) is 65.4 Å². The smallest absolute Gasteiger partial charge is 0.0603 e. The van der Waals surface area contributed by atoms with Crippen molar-refractivity contribution in [2.24, 2.45) is 11.1 Å². The Bertz CT molecular complexity index is 134. The van der Waals surface area contributed by atoms with Crippen LogP contribution in [0.4, 0.5) is 0 Å². The van der Waals surface area contributed by atoms with Crippen molar-refractivity contribution in [1.82, 2.24) is 0 Å². The van der Waals surface area contributed by atoms with E-state index in [2.05, 4.69) is 6.92 Å². The van der Waals surface area contributed by atoms with Gasteiger partial charge in [-0.25, -0.2) is 0 Å². The molecular weight excluding hydrogens is 174 g/mol. The molecular formula is C12H27NO. The van der Waals surface area contributed by atoms with Gasteiger partial charge in [-0.3, -0.25) is 0 Å². The molecule has 0 spiro atoms. The first-order valence-corrected chi connectivity index (χ1v) is 5.92. The molecule has 1 atom stereocenters. The third kappa shape index (κ3) is 5.61. The van der Waals surface area contributed by atoms with Crippen LogP contribution in [-0.2, 0) is 0 Å². The van der Waals surface area contributed by atoms with Crippen LogP contribution in [0.25, 0.3) is 0 Å². The van der Waals surface area contributed by atoms with Gasteiger partial charge in [-0.1, -0.05) is 52.9 Å². The summed E-state index contributed by atoms with van der Waals surface area (Å²) in [5.74, 6) is 0. The minimum atomic E-state index is -0.242. The third-order valence-corrected chi connectivity index (χ3v) is 3.01. The van der Waals surface area contributed by atoms with Crippen molar-refractivity contribution in [3.05, 3.63) is 0 Å². The molecule has 14 heavy (non-hydrogen) atoms. The summed E-state index contributed by atoms with van der Waals surface area (Å²) in [6.07, 6.45) is 6.91. The zero-order valence-corrected chi connectivity index (χ0v) is 10.1. The zero-order chi connectivity index (χ0) is 11.0. The molecule has 0 rings (SSSR count). The highest BCUT2D eigenvalue weighted by Gasteiger charge is 2.25. The largest absolute Gasteiger partial charge is 0.393 e. The van der Waals surface area contributed by atoms with E-state index in [4.69, 9.17) is 5.73 Å². The van der Waals surface area contributed by atoms with Crippen molar-refractivity contribution in [3.8, 4) is 0 Å². The molecule has 0 aliphatic carbocycles. The molecule has 86 valence electrons. The number of nitrogens with two attached hydrogens (primary N) is 1. The van der Waals surface area contributed by atoms with Gasteiger partial charge in [0.25, 0.3) is 0 Å². The lowest BCUT2D eigenvalue weighted by Crippen LogP contribution is -2.36. The Morgan fingerprint density at radius 1 is 1.14 bits per heavy atom. The maximum absolute atomic E-state index is 9.85. The molecule has 0 fully saturated rings. The summed E-state index contributed by atoms with van der Waals surface area (Å²) >= 11 is 0. The number of hydrogen-bond acceptors (Lipinski definition) is 2. The average Bonchev–Trinajstić information content (AvgIpc) is 2.17. The van der Waals surface area contributed by atoms with Crippen LogP contribution >= 0.6 is 0 Å². The standard InChI is InChI=1S/C12H27NO/c1-4-5-6-7-8-9-11(14)12(2,3)10-13/h11,14H,4-10,13H2,1-3H3. The van der Waals surface area contributed by atoms with E-state index in [0.29, 0.717) is 6.54 Å². The van der Waals surface area contributed by atoms with E-state index in [0.717, 1.165) is 12.8 Å². The van der Waals surface area contributed by atoms with Gasteiger partial charge in [-0.05, 0) is 13.0 Å². The van der Waals surface area contributed by atoms with Gasteiger partial charge in [0.2, 0.25) is 0 Å². The first-order chi connectivity index (χ1) is 6.54. The Labute approximate surface area is 88.9 Å². The second kappa shape index (κ2) is 7.24. The highest BCUT2D eigenvalue weighted by atomic mass is 16.3. The molecule has 0 aliphatic rings. The number of rotatable bonds is 8. The number of aliphatic hydroxyl groups excluding tert-OH is 1. The van der Waals surface area contributed by atoms with E-state index in [9.17, 15) is 5.11 Å². The molecule has 0 aromatic rings. The van der Waals surface area contributed by atoms with Crippen LogP contribution in [0.2, 0.25) is 0 Å². The molecule has 0 aromatic heterocycles. The summed E-state index contributed by atoms with van der Waals surface area (Å²) in [6, 6.07) is 0. The predicted molar refractivity (Wildman–Crippen MR) is 62.2 cm³/mol. The predicted octanol–water partition coefficient (Wildman–Crippen LogP) is 2.69. The Hall–Kier alpha value is -0.0800. The number of hydrogen-bond donors (Lipinski definition) is 2. The van der Waals surface area contributed by atoms with Gasteiger partial charge in [0.15, 0.2) is 0 Å². The Morgan fingerprint density at radius 3 is 2.21 bits per heavy atom. The molecule has 0 bridgehead atoms. The molecule has 0 saturated carbocycles. The van der Waals surface area contributed by atoms with Crippen LogP contribution in [0.15, 0.2) is 0 Å². The first kappa shape index (κ1) is 13.9. The van der Waals surface area contributed by atoms with Crippen molar-refractivity contribution in [2.75, 3.05) is 6.54 Å². The fraction of sp³-hybridized carbons (Fsp3) is 1.00. The van der Waals surface area contributed by atoms with Crippen molar-refractivity contribution < 1.29 is 5.11 Å². The SMILES string of the molecule is CCCCCCCC(O)C(C)(C)CN. The zero-order valence-electron chi connectivity index (χ0n) is 10.1. The lowest BCUT2D eigenvalue weighted by atomic mass is 9.84. The summed E-state index contributed by atoms with van der Waals surface area (Å²) < 4.78 is 0. The van der Waals surface area contributed by atoms with Gasteiger partial charge in [-0.2, -0.15) is 0 Å². The second-order valence-electron chi connectivity index (χ2n) is 4.91. The summed E-state index contributed by atoms with van der Waals surface area (Å²) in [4.78, 5) is 0. The lowest BCUT2D eigenvalue weighted by molar-refractivity contribution is 0.0468. The van der Waals surface area contributed by atoms with Gasteiger partial charge in [0.05, 0.1) is 6.10 Å². The minimum Gasteiger partial charge on any atom is -0.393 e. The maximum atomic E-state index is 9.85. The molecule has 1 unspecified atom stereocenters. The maximum Gasteiger partial charge on any atom is 0.0603 e. The van der Waals surface area contributed by atoms with E-state index in [1.54, 1.807) is 0 Å². The van der Waals surface area contributed by atoms with Gasteiger partial charge < -0.3 is 10.8 Å². The quantitative estimate of drug-likeness (QED) is 0.593. The fourth-order valence-corrected chi connectivity index (χ4v) is 1.47. The van der Waals surface area contributed by atoms with E-state index in [1.807, 2.05) is 13.8 Å². The van der Waals surface area contributed by atoms with Crippen molar-refractivity contribution in [3.63, 3.8) is 0 Å². The van der Waals surface area contributed by atoms with Crippen LogP contribution < -0.4 is 5.73 Å². The van der Waals surface area contributed by atoms with E-state index >= 15 is 0 Å². The molecule has 0 saturated heterocycles. The normalized spacial score (nSPS) is 14.4. The summed E-state index contributed by atoms with van der Waals surface area (Å²) in [6.45, 7) is 6.84. The van der Waals surface area contributed by atoms with Crippen molar-refractivity contribution >= 4 is 0 Å². The van der Waals surface area contributed by atoms with Crippen LogP contribution in [0.1, 0.15) is 59.3 Å². The summed E-state index contributed by atoms with van der Waals surface area (Å²) in [5, 5.41) is 9.85. The molecule has 0 aromatic carbocycles. The average molecular weight is 201 g/mol. The highest BCUT2D eigenvalue weighted by molar-refractivity contribution is 4.78. The van der Waals surface area contributed by atoms with Crippen LogP contribution in [0.5, 0.6) is 0 Å². The molecule has 2 heteroatoms. The third-order valence-electron chi connectivity index (χ3n) is 3.01. The van der Waals surface area contributed by atoms with Crippen LogP contribution in [0.3, 0.4) is 0 Å². The Morgan fingerprint density at radius 2 is 1.71 bits per heavy atom. The van der Waals surface area contributed by atoms with E-state index in [1.165, 1.54) is 25.7 Å². The summed E-state index contributed by atoms with van der Waals surface area (Å²) in [7, 11) is 0. The lowest BCUT2D eigenvalue weighted by Gasteiger charge is -2.28. The van der Waals surface area contributed by atoms with Gasteiger partial charge in [-0.15, -0.1) is 0 Å². The molecule has 0 amide bonds. The van der Waals surface area contributed by atoms with E-state index in [-0.39, 0.29) is 11.5 Å². The van der Waals surface area contributed by atoms with Crippen molar-refractivity contribution in [1.29, 1.82) is 0 Å².